The van der Waals surface area contributed by atoms with Gasteiger partial charge in [0.25, 0.3) is 0 Å². The number of alkyl halides is 3. The largest absolute Gasteiger partial charge is 0.389 e. The SMILES string of the molecule is Cc1cc(F)cc(NC(C)(C#N)CCCC(F)(F)F)c1. The number of rotatable bonds is 5. The second-order valence-corrected chi connectivity index (χ2v) is 5.05. The van der Waals surface area contributed by atoms with E-state index in [1.54, 1.807) is 13.0 Å². The maximum atomic E-state index is 13.2. The van der Waals surface area contributed by atoms with Gasteiger partial charge in [0.2, 0.25) is 0 Å². The maximum Gasteiger partial charge on any atom is 0.389 e. The number of halogens is 4. The first-order valence-corrected chi connectivity index (χ1v) is 6.17. The molecule has 0 saturated heterocycles. The molecule has 1 aromatic carbocycles. The van der Waals surface area contributed by atoms with E-state index in [1.165, 1.54) is 19.1 Å². The highest BCUT2D eigenvalue weighted by Crippen LogP contribution is 2.27. The molecule has 0 saturated carbocycles. The summed E-state index contributed by atoms with van der Waals surface area (Å²) in [5.74, 6) is -0.455. The van der Waals surface area contributed by atoms with Gasteiger partial charge in [0.05, 0.1) is 6.07 Å². The van der Waals surface area contributed by atoms with E-state index >= 15 is 0 Å². The minimum absolute atomic E-state index is 0.0264. The summed E-state index contributed by atoms with van der Waals surface area (Å²) in [5, 5.41) is 11.9. The Morgan fingerprint density at radius 1 is 1.20 bits per heavy atom. The first-order valence-electron chi connectivity index (χ1n) is 6.17. The van der Waals surface area contributed by atoms with Gasteiger partial charge >= 0.3 is 6.18 Å². The van der Waals surface area contributed by atoms with Gasteiger partial charge in [-0.2, -0.15) is 18.4 Å². The predicted molar refractivity (Wildman–Crippen MR) is 68.7 cm³/mol. The Morgan fingerprint density at radius 2 is 1.85 bits per heavy atom. The molecule has 0 heterocycles. The lowest BCUT2D eigenvalue weighted by Crippen LogP contribution is -2.33. The van der Waals surface area contributed by atoms with E-state index in [-0.39, 0.29) is 12.8 Å². The summed E-state index contributed by atoms with van der Waals surface area (Å²) < 4.78 is 49.6. The fraction of sp³-hybridized carbons (Fsp3) is 0.500. The molecule has 1 rings (SSSR count). The quantitative estimate of drug-likeness (QED) is 0.806. The third-order valence-electron chi connectivity index (χ3n) is 2.85. The summed E-state index contributed by atoms with van der Waals surface area (Å²) in [4.78, 5) is 0. The average molecular weight is 288 g/mol. The third-order valence-corrected chi connectivity index (χ3v) is 2.85. The van der Waals surface area contributed by atoms with Gasteiger partial charge in [0.1, 0.15) is 11.4 Å². The van der Waals surface area contributed by atoms with E-state index in [2.05, 4.69) is 5.32 Å². The van der Waals surface area contributed by atoms with Crippen LogP contribution < -0.4 is 5.32 Å². The van der Waals surface area contributed by atoms with Crippen molar-refractivity contribution in [3.8, 4) is 6.07 Å². The molecule has 0 aliphatic carbocycles. The van der Waals surface area contributed by atoms with Crippen molar-refractivity contribution in [2.75, 3.05) is 5.32 Å². The Bertz CT molecular complexity index is 485. The minimum atomic E-state index is -4.23. The van der Waals surface area contributed by atoms with Gasteiger partial charge in [0.15, 0.2) is 0 Å². The zero-order valence-electron chi connectivity index (χ0n) is 11.3. The Labute approximate surface area is 115 Å². The monoisotopic (exact) mass is 288 g/mol. The highest BCUT2D eigenvalue weighted by atomic mass is 19.4. The minimum Gasteiger partial charge on any atom is -0.367 e. The van der Waals surface area contributed by atoms with Gasteiger partial charge in [-0.25, -0.2) is 4.39 Å². The first kappa shape index (κ1) is 16.3. The summed E-state index contributed by atoms with van der Waals surface area (Å²) in [6.07, 6.45) is -5.30. The van der Waals surface area contributed by atoms with Crippen LogP contribution in [0.3, 0.4) is 0 Å². The van der Waals surface area contributed by atoms with Crippen molar-refractivity contribution >= 4 is 5.69 Å². The molecule has 110 valence electrons. The van der Waals surface area contributed by atoms with Gasteiger partial charge in [-0.15, -0.1) is 0 Å². The van der Waals surface area contributed by atoms with Gasteiger partial charge in [0, 0.05) is 12.1 Å². The van der Waals surface area contributed by atoms with Gasteiger partial charge < -0.3 is 5.32 Å². The Balaban J connectivity index is 2.72. The van der Waals surface area contributed by atoms with E-state index in [1.807, 2.05) is 6.07 Å². The zero-order chi connectivity index (χ0) is 15.4. The first-order chi connectivity index (χ1) is 9.13. The van der Waals surface area contributed by atoms with Gasteiger partial charge in [-0.1, -0.05) is 0 Å². The molecule has 2 nitrogen and oxygen atoms in total. The van der Waals surface area contributed by atoms with E-state index in [4.69, 9.17) is 5.26 Å². The second-order valence-electron chi connectivity index (χ2n) is 5.05. The number of anilines is 1. The zero-order valence-corrected chi connectivity index (χ0v) is 11.3. The molecule has 0 fully saturated rings. The Hall–Kier alpha value is -1.77. The van der Waals surface area contributed by atoms with Crippen molar-refractivity contribution < 1.29 is 17.6 Å². The summed E-state index contributed by atoms with van der Waals surface area (Å²) in [5.41, 5.74) is -0.104. The average Bonchev–Trinajstić information content (AvgIpc) is 2.25. The van der Waals surface area contributed by atoms with Crippen molar-refractivity contribution in [3.63, 3.8) is 0 Å². The van der Waals surface area contributed by atoms with Crippen LogP contribution in [0.15, 0.2) is 18.2 Å². The molecule has 1 aromatic rings. The molecule has 0 spiro atoms. The lowest BCUT2D eigenvalue weighted by molar-refractivity contribution is -0.135. The third kappa shape index (κ3) is 5.47. The van der Waals surface area contributed by atoms with Crippen LogP contribution in [-0.2, 0) is 0 Å². The molecule has 1 N–H and O–H groups in total. The molecule has 0 aromatic heterocycles. The van der Waals surface area contributed by atoms with Crippen molar-refractivity contribution in [2.45, 2.75) is 44.8 Å². The number of benzene rings is 1. The van der Waals surface area contributed by atoms with Crippen LogP contribution in [0.2, 0.25) is 0 Å². The number of nitrogens with zero attached hydrogens (tertiary/aromatic N) is 1. The van der Waals surface area contributed by atoms with Crippen LogP contribution in [0.1, 0.15) is 31.7 Å². The fourth-order valence-corrected chi connectivity index (χ4v) is 1.92. The maximum absolute atomic E-state index is 13.2. The van der Waals surface area contributed by atoms with Crippen LogP contribution in [0.5, 0.6) is 0 Å². The van der Waals surface area contributed by atoms with Gasteiger partial charge in [-0.3, -0.25) is 0 Å². The molecule has 0 bridgehead atoms. The van der Waals surface area contributed by atoms with Gasteiger partial charge in [-0.05, 0) is 50.5 Å². The second kappa shape index (κ2) is 6.12. The van der Waals surface area contributed by atoms with E-state index in [9.17, 15) is 17.6 Å². The van der Waals surface area contributed by atoms with E-state index in [0.717, 1.165) is 0 Å². The van der Waals surface area contributed by atoms with Crippen molar-refractivity contribution in [1.29, 1.82) is 5.26 Å². The molecule has 1 atom stereocenters. The normalized spacial score (nSPS) is 14.4. The number of nitrogens with one attached hydrogen (secondary N) is 1. The van der Waals surface area contributed by atoms with Crippen LogP contribution in [0, 0.1) is 24.1 Å². The molecule has 6 heteroatoms. The van der Waals surface area contributed by atoms with Crippen molar-refractivity contribution in [3.05, 3.63) is 29.6 Å². The van der Waals surface area contributed by atoms with Crippen LogP contribution in [0.4, 0.5) is 23.2 Å². The molecule has 20 heavy (non-hydrogen) atoms. The highest BCUT2D eigenvalue weighted by Gasteiger charge is 2.30. The molecule has 0 aliphatic heterocycles. The molecule has 0 aliphatic rings. The summed E-state index contributed by atoms with van der Waals surface area (Å²) >= 11 is 0. The molecular formula is C14H16F4N2. The van der Waals surface area contributed by atoms with Crippen LogP contribution >= 0.6 is 0 Å². The van der Waals surface area contributed by atoms with E-state index < -0.39 is 24.0 Å². The number of hydrogen-bond acceptors (Lipinski definition) is 2. The lowest BCUT2D eigenvalue weighted by Gasteiger charge is -2.25. The van der Waals surface area contributed by atoms with Crippen molar-refractivity contribution in [1.82, 2.24) is 0 Å². The Morgan fingerprint density at radius 3 is 2.35 bits per heavy atom. The van der Waals surface area contributed by atoms with Crippen molar-refractivity contribution in [2.24, 2.45) is 0 Å². The number of nitriles is 1. The standard InChI is InChI=1S/C14H16F4N2/c1-10-6-11(15)8-12(7-10)20-13(2,9-19)4-3-5-14(16,17)18/h6-8,20H,3-5H2,1-2H3. The van der Waals surface area contributed by atoms with Crippen LogP contribution in [-0.4, -0.2) is 11.7 Å². The topological polar surface area (TPSA) is 35.8 Å². The Kier molecular flexibility index (Phi) is 4.98. The highest BCUT2D eigenvalue weighted by molar-refractivity contribution is 5.49. The van der Waals surface area contributed by atoms with Crippen LogP contribution in [0.25, 0.3) is 0 Å². The molecule has 0 amide bonds. The smallest absolute Gasteiger partial charge is 0.367 e. The molecule has 0 radical (unpaired) electrons. The van der Waals surface area contributed by atoms with E-state index in [0.29, 0.717) is 11.3 Å². The summed E-state index contributed by atoms with van der Waals surface area (Å²) in [6, 6.07) is 6.14. The molecule has 1 unspecified atom stereocenters. The number of hydrogen-bond donors (Lipinski definition) is 1. The summed E-state index contributed by atoms with van der Waals surface area (Å²) in [6.45, 7) is 3.20. The summed E-state index contributed by atoms with van der Waals surface area (Å²) in [7, 11) is 0. The molecular weight excluding hydrogens is 272 g/mol. The fourth-order valence-electron chi connectivity index (χ4n) is 1.92. The predicted octanol–water partition coefficient (Wildman–Crippen LogP) is 4.56. The lowest BCUT2D eigenvalue weighted by atomic mass is 9.95. The number of aryl methyl sites for hydroxylation is 1.